The summed E-state index contributed by atoms with van der Waals surface area (Å²) in [5.74, 6) is 0.0629. The van der Waals surface area contributed by atoms with Crippen LogP contribution in [0.5, 0.6) is 0 Å². The third-order valence-electron chi connectivity index (χ3n) is 3.44. The van der Waals surface area contributed by atoms with Gasteiger partial charge in [0.25, 0.3) is 5.91 Å². The van der Waals surface area contributed by atoms with Crippen molar-refractivity contribution in [3.05, 3.63) is 29.8 Å². The first kappa shape index (κ1) is 16.5. The standard InChI is InChI=1S/C16H26N2O2/c1-5-13(3)18(11-12-20-4)16(19)14-9-7-8-10-15(14)17-6-2/h7-10,13,17H,5-6,11-12H2,1-4H3. The van der Waals surface area contributed by atoms with Crippen LogP contribution in [-0.2, 0) is 4.74 Å². The fourth-order valence-corrected chi connectivity index (χ4v) is 2.10. The molecule has 0 saturated carbocycles. The van der Waals surface area contributed by atoms with Crippen molar-refractivity contribution in [2.75, 3.05) is 32.1 Å². The van der Waals surface area contributed by atoms with Crippen LogP contribution in [0.25, 0.3) is 0 Å². The summed E-state index contributed by atoms with van der Waals surface area (Å²) in [6.07, 6.45) is 0.929. The van der Waals surface area contributed by atoms with E-state index in [1.54, 1.807) is 7.11 Å². The molecule has 1 rings (SSSR count). The van der Waals surface area contributed by atoms with E-state index in [0.717, 1.165) is 24.2 Å². The zero-order valence-corrected chi connectivity index (χ0v) is 13.0. The molecular weight excluding hydrogens is 252 g/mol. The molecule has 0 heterocycles. The van der Waals surface area contributed by atoms with Crippen molar-refractivity contribution in [2.45, 2.75) is 33.2 Å². The summed E-state index contributed by atoms with van der Waals surface area (Å²) in [4.78, 5) is 14.7. The van der Waals surface area contributed by atoms with Crippen molar-refractivity contribution in [1.29, 1.82) is 0 Å². The van der Waals surface area contributed by atoms with Crippen molar-refractivity contribution in [2.24, 2.45) is 0 Å². The van der Waals surface area contributed by atoms with Gasteiger partial charge in [-0.1, -0.05) is 19.1 Å². The molecule has 1 aromatic carbocycles. The van der Waals surface area contributed by atoms with Gasteiger partial charge in [-0.2, -0.15) is 0 Å². The molecule has 0 aromatic heterocycles. The molecule has 4 heteroatoms. The SMILES string of the molecule is CCNc1ccccc1C(=O)N(CCOC)C(C)CC. The zero-order valence-electron chi connectivity index (χ0n) is 13.0. The molecule has 20 heavy (non-hydrogen) atoms. The van der Waals surface area contributed by atoms with E-state index in [0.29, 0.717) is 13.2 Å². The summed E-state index contributed by atoms with van der Waals surface area (Å²) >= 11 is 0. The maximum absolute atomic E-state index is 12.8. The van der Waals surface area contributed by atoms with Crippen LogP contribution < -0.4 is 5.32 Å². The molecule has 1 amide bonds. The van der Waals surface area contributed by atoms with E-state index in [1.165, 1.54) is 0 Å². The molecule has 0 radical (unpaired) electrons. The molecule has 0 fully saturated rings. The Morgan fingerprint density at radius 1 is 1.35 bits per heavy atom. The molecule has 112 valence electrons. The Balaban J connectivity index is 2.98. The number of amides is 1. The molecule has 1 N–H and O–H groups in total. The highest BCUT2D eigenvalue weighted by molar-refractivity contribution is 5.99. The van der Waals surface area contributed by atoms with Gasteiger partial charge in [-0.05, 0) is 32.4 Å². The molecule has 1 unspecified atom stereocenters. The van der Waals surface area contributed by atoms with Gasteiger partial charge in [-0.3, -0.25) is 4.79 Å². The first-order chi connectivity index (χ1) is 9.65. The molecule has 0 aliphatic rings. The Morgan fingerprint density at radius 3 is 2.65 bits per heavy atom. The van der Waals surface area contributed by atoms with Gasteiger partial charge in [0.15, 0.2) is 0 Å². The summed E-state index contributed by atoms with van der Waals surface area (Å²) in [5, 5.41) is 3.25. The van der Waals surface area contributed by atoms with Crippen LogP contribution in [-0.4, -0.2) is 43.7 Å². The molecule has 0 aliphatic carbocycles. The maximum atomic E-state index is 12.8. The summed E-state index contributed by atoms with van der Waals surface area (Å²) < 4.78 is 5.12. The second kappa shape index (κ2) is 8.59. The van der Waals surface area contributed by atoms with Crippen LogP contribution in [0.15, 0.2) is 24.3 Å². The summed E-state index contributed by atoms with van der Waals surface area (Å²) in [5.41, 5.74) is 1.62. The second-order valence-electron chi connectivity index (χ2n) is 4.82. The number of ether oxygens (including phenoxy) is 1. The van der Waals surface area contributed by atoms with Gasteiger partial charge in [0.2, 0.25) is 0 Å². The van der Waals surface area contributed by atoms with Crippen molar-refractivity contribution < 1.29 is 9.53 Å². The average Bonchev–Trinajstić information content (AvgIpc) is 2.48. The van der Waals surface area contributed by atoms with Gasteiger partial charge in [-0.25, -0.2) is 0 Å². The summed E-state index contributed by atoms with van der Waals surface area (Å²) in [7, 11) is 1.66. The summed E-state index contributed by atoms with van der Waals surface area (Å²) in [6.45, 7) is 8.16. The Bertz CT molecular complexity index is 421. The number of nitrogens with one attached hydrogen (secondary N) is 1. The van der Waals surface area contributed by atoms with E-state index in [9.17, 15) is 4.79 Å². The van der Waals surface area contributed by atoms with Gasteiger partial charge in [0.1, 0.15) is 0 Å². The highest BCUT2D eigenvalue weighted by atomic mass is 16.5. The topological polar surface area (TPSA) is 41.6 Å². The average molecular weight is 278 g/mol. The number of para-hydroxylation sites is 1. The minimum atomic E-state index is 0.0629. The Hall–Kier alpha value is -1.55. The monoisotopic (exact) mass is 278 g/mol. The van der Waals surface area contributed by atoms with Crippen LogP contribution in [0, 0.1) is 0 Å². The first-order valence-corrected chi connectivity index (χ1v) is 7.28. The molecule has 0 bridgehead atoms. The number of hydrogen-bond donors (Lipinski definition) is 1. The van der Waals surface area contributed by atoms with E-state index in [4.69, 9.17) is 4.74 Å². The smallest absolute Gasteiger partial charge is 0.256 e. The van der Waals surface area contributed by atoms with Crippen molar-refractivity contribution in [3.63, 3.8) is 0 Å². The minimum Gasteiger partial charge on any atom is -0.385 e. The molecule has 1 aromatic rings. The van der Waals surface area contributed by atoms with Crippen LogP contribution >= 0.6 is 0 Å². The predicted molar refractivity (Wildman–Crippen MR) is 83.3 cm³/mol. The van der Waals surface area contributed by atoms with E-state index in [2.05, 4.69) is 19.2 Å². The quantitative estimate of drug-likeness (QED) is 0.795. The fourth-order valence-electron chi connectivity index (χ4n) is 2.10. The van der Waals surface area contributed by atoms with Crippen LogP contribution in [0.2, 0.25) is 0 Å². The molecular formula is C16H26N2O2. The summed E-state index contributed by atoms with van der Waals surface area (Å²) in [6, 6.07) is 7.87. The Morgan fingerprint density at radius 2 is 2.05 bits per heavy atom. The lowest BCUT2D eigenvalue weighted by Gasteiger charge is -2.29. The third kappa shape index (κ3) is 4.23. The van der Waals surface area contributed by atoms with Gasteiger partial charge in [0.05, 0.1) is 12.2 Å². The molecule has 0 aliphatic heterocycles. The number of rotatable bonds is 8. The zero-order chi connectivity index (χ0) is 15.0. The highest BCUT2D eigenvalue weighted by Gasteiger charge is 2.22. The van der Waals surface area contributed by atoms with Crippen LogP contribution in [0.4, 0.5) is 5.69 Å². The van der Waals surface area contributed by atoms with Gasteiger partial charge in [-0.15, -0.1) is 0 Å². The first-order valence-electron chi connectivity index (χ1n) is 7.28. The molecule has 0 spiro atoms. The number of hydrogen-bond acceptors (Lipinski definition) is 3. The number of methoxy groups -OCH3 is 1. The number of anilines is 1. The Labute approximate surface area is 122 Å². The number of carbonyl (C=O) groups excluding carboxylic acids is 1. The molecule has 1 atom stereocenters. The fraction of sp³-hybridized carbons (Fsp3) is 0.562. The third-order valence-corrected chi connectivity index (χ3v) is 3.44. The van der Waals surface area contributed by atoms with E-state index in [-0.39, 0.29) is 11.9 Å². The predicted octanol–water partition coefficient (Wildman–Crippen LogP) is 3.01. The van der Waals surface area contributed by atoms with Crippen molar-refractivity contribution in [1.82, 2.24) is 4.90 Å². The van der Waals surface area contributed by atoms with E-state index < -0.39 is 0 Å². The Kier molecular flexibility index (Phi) is 7.09. The van der Waals surface area contributed by atoms with Gasteiger partial charge in [0, 0.05) is 31.9 Å². The number of carbonyl (C=O) groups is 1. The van der Waals surface area contributed by atoms with Gasteiger partial charge < -0.3 is 15.0 Å². The van der Waals surface area contributed by atoms with Crippen LogP contribution in [0.1, 0.15) is 37.6 Å². The van der Waals surface area contributed by atoms with E-state index >= 15 is 0 Å². The van der Waals surface area contributed by atoms with Crippen molar-refractivity contribution in [3.8, 4) is 0 Å². The lowest BCUT2D eigenvalue weighted by atomic mass is 10.1. The maximum Gasteiger partial charge on any atom is 0.256 e. The number of nitrogens with zero attached hydrogens (tertiary/aromatic N) is 1. The van der Waals surface area contributed by atoms with Crippen molar-refractivity contribution >= 4 is 11.6 Å². The largest absolute Gasteiger partial charge is 0.385 e. The highest BCUT2D eigenvalue weighted by Crippen LogP contribution is 2.19. The lowest BCUT2D eigenvalue weighted by Crippen LogP contribution is -2.40. The van der Waals surface area contributed by atoms with Crippen LogP contribution in [0.3, 0.4) is 0 Å². The molecule has 0 saturated heterocycles. The number of benzene rings is 1. The van der Waals surface area contributed by atoms with Gasteiger partial charge >= 0.3 is 0 Å². The lowest BCUT2D eigenvalue weighted by molar-refractivity contribution is 0.0615. The molecule has 4 nitrogen and oxygen atoms in total. The second-order valence-corrected chi connectivity index (χ2v) is 4.82. The minimum absolute atomic E-state index is 0.0629. The van der Waals surface area contributed by atoms with E-state index in [1.807, 2.05) is 36.1 Å². The normalized spacial score (nSPS) is 12.0.